The fraction of sp³-hybridized carbons (Fsp3) is 0.480. The molecule has 2 aliphatic carbocycles. The van der Waals surface area contributed by atoms with Crippen molar-refractivity contribution in [3.8, 4) is 0 Å². The molecule has 1 heterocycles. The average Bonchev–Trinajstić information content (AvgIpc) is 3.10. The Balaban J connectivity index is 1.40. The van der Waals surface area contributed by atoms with Gasteiger partial charge in [0.05, 0.1) is 4.90 Å². The molecule has 2 saturated carbocycles. The Morgan fingerprint density at radius 1 is 0.794 bits per heavy atom. The number of anilines is 1. The second kappa shape index (κ2) is 9.43. The van der Waals surface area contributed by atoms with Crippen LogP contribution in [0.2, 0.25) is 0 Å². The Bertz CT molecular complexity index is 1260. The third-order valence-corrected chi connectivity index (χ3v) is 10.5. The van der Waals surface area contributed by atoms with Gasteiger partial charge in [0.2, 0.25) is 10.0 Å². The van der Waals surface area contributed by atoms with E-state index in [1.807, 2.05) is 4.31 Å². The van der Waals surface area contributed by atoms with Crippen LogP contribution < -0.4 is 5.32 Å². The normalized spacial score (nSPS) is 21.3. The lowest BCUT2D eigenvalue weighted by Gasteiger charge is -2.40. The smallest absolute Gasteiger partial charge is 0.285 e. The Hall–Kier alpha value is -2.23. The summed E-state index contributed by atoms with van der Waals surface area (Å²) in [6.45, 7) is 0. The average molecular weight is 502 g/mol. The first-order valence-corrected chi connectivity index (χ1v) is 15.1. The number of rotatable bonds is 5. The lowest BCUT2D eigenvalue weighted by molar-refractivity contribution is 0.169. The largest absolute Gasteiger partial charge is 0.339 e. The van der Waals surface area contributed by atoms with E-state index >= 15 is 0 Å². The number of amidine groups is 1. The number of hydrogen-bond acceptors (Lipinski definition) is 5. The molecule has 0 bridgehead atoms. The van der Waals surface area contributed by atoms with Crippen LogP contribution in [0.1, 0.15) is 69.8 Å². The van der Waals surface area contributed by atoms with Crippen molar-refractivity contribution >= 4 is 31.6 Å². The van der Waals surface area contributed by atoms with Crippen LogP contribution in [0.3, 0.4) is 0 Å². The second-order valence-corrected chi connectivity index (χ2v) is 12.9. The summed E-state index contributed by atoms with van der Waals surface area (Å²) in [6.07, 6.45) is 10.4. The van der Waals surface area contributed by atoms with E-state index in [9.17, 15) is 16.8 Å². The molecule has 3 aliphatic rings. The Morgan fingerprint density at radius 3 is 1.94 bits per heavy atom. The van der Waals surface area contributed by atoms with Crippen LogP contribution in [0, 0.1) is 0 Å². The third kappa shape index (κ3) is 4.53. The molecule has 2 aromatic carbocycles. The summed E-state index contributed by atoms with van der Waals surface area (Å²) in [6, 6.07) is 13.4. The molecule has 0 radical (unpaired) electrons. The summed E-state index contributed by atoms with van der Waals surface area (Å²) in [4.78, 5) is 0.461. The summed E-state index contributed by atoms with van der Waals surface area (Å²) >= 11 is 0. The maximum Gasteiger partial charge on any atom is 0.285 e. The van der Waals surface area contributed by atoms with Crippen molar-refractivity contribution in [3.05, 3.63) is 54.1 Å². The van der Waals surface area contributed by atoms with E-state index < -0.39 is 20.0 Å². The van der Waals surface area contributed by atoms with Crippen molar-refractivity contribution in [1.29, 1.82) is 0 Å². The molecular weight excluding hydrogens is 470 g/mol. The van der Waals surface area contributed by atoms with Gasteiger partial charge in [0.15, 0.2) is 5.84 Å². The zero-order chi connectivity index (χ0) is 23.8. The van der Waals surface area contributed by atoms with Gasteiger partial charge >= 0.3 is 0 Å². The molecule has 2 fully saturated rings. The molecule has 9 heteroatoms. The van der Waals surface area contributed by atoms with Crippen LogP contribution in [-0.4, -0.2) is 39.1 Å². The minimum Gasteiger partial charge on any atom is -0.339 e. The fourth-order valence-corrected chi connectivity index (χ4v) is 8.63. The molecule has 34 heavy (non-hydrogen) atoms. The maximum atomic E-state index is 13.8. The van der Waals surface area contributed by atoms with Gasteiger partial charge in [-0.2, -0.15) is 12.7 Å². The van der Waals surface area contributed by atoms with Crippen LogP contribution in [0.5, 0.6) is 0 Å². The van der Waals surface area contributed by atoms with Gasteiger partial charge in [-0.15, -0.1) is 4.40 Å². The Kier molecular flexibility index (Phi) is 6.52. The van der Waals surface area contributed by atoms with Crippen molar-refractivity contribution in [3.63, 3.8) is 0 Å². The number of sulfonamides is 2. The molecule has 0 amide bonds. The molecule has 5 rings (SSSR count). The Labute approximate surface area is 202 Å². The van der Waals surface area contributed by atoms with E-state index in [2.05, 4.69) is 9.71 Å². The van der Waals surface area contributed by atoms with Crippen molar-refractivity contribution in [2.24, 2.45) is 4.40 Å². The van der Waals surface area contributed by atoms with Crippen molar-refractivity contribution in [2.45, 2.75) is 86.1 Å². The van der Waals surface area contributed by atoms with Gasteiger partial charge < -0.3 is 5.32 Å². The van der Waals surface area contributed by atoms with Crippen LogP contribution >= 0.6 is 0 Å². The molecule has 2 aromatic rings. The van der Waals surface area contributed by atoms with Crippen LogP contribution in [-0.2, 0) is 20.0 Å². The van der Waals surface area contributed by atoms with E-state index in [0.717, 1.165) is 51.4 Å². The molecule has 1 N–H and O–H groups in total. The predicted molar refractivity (Wildman–Crippen MR) is 133 cm³/mol. The summed E-state index contributed by atoms with van der Waals surface area (Å²) in [5, 5.41) is 3.05. The van der Waals surface area contributed by atoms with Crippen LogP contribution in [0.15, 0.2) is 62.7 Å². The summed E-state index contributed by atoms with van der Waals surface area (Å²) in [5.41, 5.74) is 1.10. The number of benzene rings is 2. The van der Waals surface area contributed by atoms with E-state index in [1.165, 1.54) is 18.9 Å². The van der Waals surface area contributed by atoms with Gasteiger partial charge in [-0.3, -0.25) is 0 Å². The molecular formula is C25H31N3O4S2. The summed E-state index contributed by atoms with van der Waals surface area (Å²) in [7, 11) is -7.35. The van der Waals surface area contributed by atoms with Crippen molar-refractivity contribution in [1.82, 2.24) is 4.31 Å². The SMILES string of the molecule is O=S1(=O)N=C(Nc2ccc(S(=O)(=O)N(C3CCCCC3)C3CCCCC3)cc2)c2ccccc21. The van der Waals surface area contributed by atoms with Gasteiger partial charge in [-0.25, -0.2) is 8.42 Å². The van der Waals surface area contributed by atoms with Crippen LogP contribution in [0.25, 0.3) is 0 Å². The number of nitrogens with one attached hydrogen (secondary N) is 1. The topological polar surface area (TPSA) is 95.9 Å². The number of hydrogen-bond donors (Lipinski definition) is 1. The molecule has 0 unspecified atom stereocenters. The minimum atomic E-state index is -3.72. The minimum absolute atomic E-state index is 0.0780. The molecule has 1 aliphatic heterocycles. The molecule has 0 atom stereocenters. The third-order valence-electron chi connectivity index (χ3n) is 7.19. The highest BCUT2D eigenvalue weighted by Gasteiger charge is 2.38. The summed E-state index contributed by atoms with van der Waals surface area (Å²) < 4.78 is 58.0. The first-order valence-electron chi connectivity index (χ1n) is 12.2. The Morgan fingerprint density at radius 2 is 1.35 bits per heavy atom. The standard InChI is InChI=1S/C25H31N3O4S2/c29-33(30)24-14-8-7-13-23(24)25(27-33)26-19-15-17-22(18-16-19)34(31,32)28(20-9-3-1-4-10-20)21-11-5-2-6-12-21/h7-8,13-18,20-21H,1-6,9-12H2,(H,26,27). The van der Waals surface area contributed by atoms with Crippen molar-refractivity contribution in [2.75, 3.05) is 5.32 Å². The van der Waals surface area contributed by atoms with Gasteiger partial charge in [0.1, 0.15) is 4.90 Å². The van der Waals surface area contributed by atoms with Gasteiger partial charge in [0, 0.05) is 23.3 Å². The summed E-state index contributed by atoms with van der Waals surface area (Å²) in [5.74, 6) is 0.247. The van der Waals surface area contributed by atoms with Gasteiger partial charge in [-0.1, -0.05) is 50.7 Å². The zero-order valence-electron chi connectivity index (χ0n) is 19.2. The van der Waals surface area contributed by atoms with E-state index in [-0.39, 0.29) is 27.7 Å². The maximum absolute atomic E-state index is 13.8. The predicted octanol–water partition coefficient (Wildman–Crippen LogP) is 4.90. The molecule has 0 saturated heterocycles. The number of fused-ring (bicyclic) bond motifs is 1. The van der Waals surface area contributed by atoms with E-state index in [1.54, 1.807) is 42.5 Å². The van der Waals surface area contributed by atoms with Gasteiger partial charge in [-0.05, 0) is 62.1 Å². The second-order valence-electron chi connectivity index (χ2n) is 9.48. The molecule has 7 nitrogen and oxygen atoms in total. The highest BCUT2D eigenvalue weighted by atomic mass is 32.2. The molecule has 0 spiro atoms. The van der Waals surface area contributed by atoms with Crippen LogP contribution in [0.4, 0.5) is 5.69 Å². The zero-order valence-corrected chi connectivity index (χ0v) is 20.8. The highest BCUT2D eigenvalue weighted by Crippen LogP contribution is 2.35. The van der Waals surface area contributed by atoms with Gasteiger partial charge in [0.25, 0.3) is 10.0 Å². The lowest BCUT2D eigenvalue weighted by atomic mass is 9.91. The first-order chi connectivity index (χ1) is 16.4. The number of nitrogens with zero attached hydrogens (tertiary/aromatic N) is 2. The highest BCUT2D eigenvalue weighted by molar-refractivity contribution is 7.90. The van der Waals surface area contributed by atoms with E-state index in [0.29, 0.717) is 11.3 Å². The lowest BCUT2D eigenvalue weighted by Crippen LogP contribution is -2.48. The van der Waals surface area contributed by atoms with E-state index in [4.69, 9.17) is 0 Å². The molecule has 0 aromatic heterocycles. The quantitative estimate of drug-likeness (QED) is 0.628. The molecule has 182 valence electrons. The fourth-order valence-electron chi connectivity index (χ4n) is 5.53. The first kappa shape index (κ1) is 23.5. The van der Waals surface area contributed by atoms with Crippen molar-refractivity contribution < 1.29 is 16.8 Å². The monoisotopic (exact) mass is 501 g/mol.